The van der Waals surface area contributed by atoms with Gasteiger partial charge in [0.2, 0.25) is 5.91 Å². The van der Waals surface area contributed by atoms with Crippen LogP contribution in [0.5, 0.6) is 0 Å². The predicted molar refractivity (Wildman–Crippen MR) is 78.7 cm³/mol. The van der Waals surface area contributed by atoms with E-state index < -0.39 is 0 Å². The zero-order valence-corrected chi connectivity index (χ0v) is 12.7. The molecule has 0 spiro atoms. The van der Waals surface area contributed by atoms with Crippen molar-refractivity contribution >= 4 is 17.7 Å². The Kier molecular flexibility index (Phi) is 11.1. The molecule has 1 amide bonds. The second-order valence-corrected chi connectivity index (χ2v) is 5.63. The highest BCUT2D eigenvalue weighted by molar-refractivity contribution is 7.99. The van der Waals surface area contributed by atoms with E-state index in [-0.39, 0.29) is 17.8 Å². The van der Waals surface area contributed by atoms with E-state index in [1.807, 2.05) is 6.26 Å². The summed E-state index contributed by atoms with van der Waals surface area (Å²) in [6.45, 7) is 2.16. The Hall–Kier alpha value is -0.580. The summed E-state index contributed by atoms with van der Waals surface area (Å²) in [6.07, 6.45) is 10.2. The molecule has 1 unspecified atom stereocenters. The molecule has 0 rings (SSSR count). The minimum absolute atomic E-state index is 0.0238. The standard InChI is InChI=1S/C13H26N2O2S/c1-4-5-6-7-8-9-10-12(18-3)13(16)15(2)11-14-17/h12H,4-11H2,1-3H3. The number of amides is 1. The number of hydrogen-bond acceptors (Lipinski definition) is 4. The van der Waals surface area contributed by atoms with E-state index >= 15 is 0 Å². The van der Waals surface area contributed by atoms with E-state index in [0.717, 1.165) is 12.8 Å². The van der Waals surface area contributed by atoms with Crippen LogP contribution in [0.3, 0.4) is 0 Å². The van der Waals surface area contributed by atoms with Gasteiger partial charge < -0.3 is 4.90 Å². The predicted octanol–water partition coefficient (Wildman–Crippen LogP) is 3.65. The Morgan fingerprint density at radius 2 is 1.83 bits per heavy atom. The molecular weight excluding hydrogens is 248 g/mol. The van der Waals surface area contributed by atoms with Gasteiger partial charge in [0.05, 0.1) is 5.25 Å². The summed E-state index contributed by atoms with van der Waals surface area (Å²) in [7, 11) is 1.63. The number of carbonyl (C=O) groups is 1. The molecule has 0 aliphatic heterocycles. The van der Waals surface area contributed by atoms with Crippen molar-refractivity contribution in [3.05, 3.63) is 4.91 Å². The van der Waals surface area contributed by atoms with E-state index in [1.54, 1.807) is 18.8 Å². The van der Waals surface area contributed by atoms with Gasteiger partial charge in [-0.15, -0.1) is 4.91 Å². The maximum Gasteiger partial charge on any atom is 0.236 e. The molecular formula is C13H26N2O2S. The van der Waals surface area contributed by atoms with Crippen LogP contribution in [0.15, 0.2) is 5.18 Å². The van der Waals surface area contributed by atoms with Crippen LogP contribution in [-0.4, -0.2) is 36.0 Å². The molecule has 0 heterocycles. The first-order valence-corrected chi connectivity index (χ1v) is 8.03. The van der Waals surface area contributed by atoms with E-state index in [2.05, 4.69) is 12.1 Å². The van der Waals surface area contributed by atoms with Crippen LogP contribution in [0, 0.1) is 4.91 Å². The first kappa shape index (κ1) is 17.4. The fraction of sp³-hybridized carbons (Fsp3) is 0.923. The summed E-state index contributed by atoms with van der Waals surface area (Å²) >= 11 is 1.57. The number of thioether (sulfide) groups is 1. The lowest BCUT2D eigenvalue weighted by atomic mass is 10.1. The van der Waals surface area contributed by atoms with Crippen molar-refractivity contribution in [1.29, 1.82) is 0 Å². The van der Waals surface area contributed by atoms with Crippen LogP contribution >= 0.6 is 11.8 Å². The van der Waals surface area contributed by atoms with Crippen LogP contribution in [-0.2, 0) is 4.79 Å². The van der Waals surface area contributed by atoms with Crippen molar-refractivity contribution in [2.75, 3.05) is 20.0 Å². The molecule has 0 saturated heterocycles. The van der Waals surface area contributed by atoms with Crippen LogP contribution in [0.25, 0.3) is 0 Å². The summed E-state index contributed by atoms with van der Waals surface area (Å²) in [4.78, 5) is 23.5. The minimum atomic E-state index is -0.0492. The number of nitrogens with zero attached hydrogens (tertiary/aromatic N) is 2. The topological polar surface area (TPSA) is 49.7 Å². The van der Waals surface area contributed by atoms with Gasteiger partial charge in [-0.2, -0.15) is 11.8 Å². The second kappa shape index (κ2) is 11.5. The van der Waals surface area contributed by atoms with Gasteiger partial charge in [0.15, 0.2) is 6.67 Å². The highest BCUT2D eigenvalue weighted by atomic mass is 32.2. The Labute approximate surface area is 115 Å². The lowest BCUT2D eigenvalue weighted by Gasteiger charge is -2.20. The Morgan fingerprint density at radius 3 is 2.39 bits per heavy atom. The highest BCUT2D eigenvalue weighted by Crippen LogP contribution is 2.18. The largest absolute Gasteiger partial charge is 0.322 e. The van der Waals surface area contributed by atoms with Crippen LogP contribution < -0.4 is 0 Å². The summed E-state index contributed by atoms with van der Waals surface area (Å²) < 4.78 is 0. The molecule has 0 aromatic rings. The van der Waals surface area contributed by atoms with Crippen LogP contribution in [0.1, 0.15) is 51.9 Å². The second-order valence-electron chi connectivity index (χ2n) is 4.59. The van der Waals surface area contributed by atoms with E-state index in [9.17, 15) is 9.70 Å². The average molecular weight is 274 g/mol. The Bertz CT molecular complexity index is 237. The van der Waals surface area contributed by atoms with Crippen molar-refractivity contribution < 1.29 is 4.79 Å². The van der Waals surface area contributed by atoms with E-state index in [1.165, 1.54) is 37.0 Å². The summed E-state index contributed by atoms with van der Waals surface area (Å²) in [5.74, 6) is 0.0238. The number of rotatable bonds is 11. The van der Waals surface area contributed by atoms with Gasteiger partial charge in [0.25, 0.3) is 0 Å². The molecule has 0 bridgehead atoms. The van der Waals surface area contributed by atoms with Gasteiger partial charge in [-0.1, -0.05) is 45.4 Å². The normalized spacial score (nSPS) is 12.2. The third-order valence-electron chi connectivity index (χ3n) is 3.03. The van der Waals surface area contributed by atoms with Gasteiger partial charge in [0.1, 0.15) is 0 Å². The van der Waals surface area contributed by atoms with Crippen LogP contribution in [0.2, 0.25) is 0 Å². The molecule has 0 aromatic carbocycles. The molecule has 5 heteroatoms. The van der Waals surface area contributed by atoms with E-state index in [0.29, 0.717) is 0 Å². The molecule has 0 radical (unpaired) electrons. The molecule has 0 aliphatic carbocycles. The van der Waals surface area contributed by atoms with Crippen molar-refractivity contribution in [3.63, 3.8) is 0 Å². The maximum atomic E-state index is 11.9. The monoisotopic (exact) mass is 274 g/mol. The summed E-state index contributed by atoms with van der Waals surface area (Å²) in [6, 6.07) is 0. The summed E-state index contributed by atoms with van der Waals surface area (Å²) in [5.41, 5.74) is 0. The molecule has 0 saturated carbocycles. The molecule has 4 nitrogen and oxygen atoms in total. The molecule has 0 N–H and O–H groups in total. The fourth-order valence-electron chi connectivity index (χ4n) is 1.85. The summed E-state index contributed by atoms with van der Waals surface area (Å²) in [5, 5.41) is 2.72. The minimum Gasteiger partial charge on any atom is -0.322 e. The first-order chi connectivity index (χ1) is 8.67. The third-order valence-corrected chi connectivity index (χ3v) is 4.03. The number of unbranched alkanes of at least 4 members (excludes halogenated alkanes) is 5. The highest BCUT2D eigenvalue weighted by Gasteiger charge is 2.20. The fourth-order valence-corrected chi connectivity index (χ4v) is 2.64. The SMILES string of the molecule is CCCCCCCCC(SC)C(=O)N(C)CN=O. The smallest absolute Gasteiger partial charge is 0.236 e. The molecule has 0 aromatic heterocycles. The van der Waals surface area contributed by atoms with E-state index in [4.69, 9.17) is 0 Å². The zero-order valence-electron chi connectivity index (χ0n) is 11.9. The van der Waals surface area contributed by atoms with Gasteiger partial charge >= 0.3 is 0 Å². The first-order valence-electron chi connectivity index (χ1n) is 6.74. The number of hydrogen-bond donors (Lipinski definition) is 0. The molecule has 0 fully saturated rings. The Morgan fingerprint density at radius 1 is 1.22 bits per heavy atom. The zero-order chi connectivity index (χ0) is 13.8. The van der Waals surface area contributed by atoms with Gasteiger partial charge in [-0.05, 0) is 17.9 Å². The Balaban J connectivity index is 3.81. The number of nitroso groups, excluding NO2 is 1. The lowest BCUT2D eigenvalue weighted by Crippen LogP contribution is -2.34. The van der Waals surface area contributed by atoms with Gasteiger partial charge in [0, 0.05) is 7.05 Å². The molecule has 0 aliphatic rings. The van der Waals surface area contributed by atoms with Gasteiger partial charge in [-0.25, -0.2) is 0 Å². The molecule has 18 heavy (non-hydrogen) atoms. The molecule has 1 atom stereocenters. The quantitative estimate of drug-likeness (QED) is 0.427. The lowest BCUT2D eigenvalue weighted by molar-refractivity contribution is -0.129. The van der Waals surface area contributed by atoms with Crippen molar-refractivity contribution in [2.24, 2.45) is 5.18 Å². The van der Waals surface area contributed by atoms with Crippen molar-refractivity contribution in [2.45, 2.75) is 57.1 Å². The molecule has 106 valence electrons. The van der Waals surface area contributed by atoms with Crippen molar-refractivity contribution in [3.8, 4) is 0 Å². The van der Waals surface area contributed by atoms with Gasteiger partial charge in [-0.3, -0.25) is 4.79 Å². The van der Waals surface area contributed by atoms with Crippen LogP contribution in [0.4, 0.5) is 0 Å². The third kappa shape index (κ3) is 7.69. The maximum absolute atomic E-state index is 11.9. The average Bonchev–Trinajstić information content (AvgIpc) is 2.37. The van der Waals surface area contributed by atoms with Crippen molar-refractivity contribution in [1.82, 2.24) is 4.90 Å². The number of carbonyl (C=O) groups excluding carboxylic acids is 1.